The maximum absolute atomic E-state index is 6.60. The van der Waals surface area contributed by atoms with Crippen molar-refractivity contribution in [3.05, 3.63) is 80.3 Å². The maximum atomic E-state index is 6.60. The van der Waals surface area contributed by atoms with E-state index in [1.54, 1.807) is 0 Å². The summed E-state index contributed by atoms with van der Waals surface area (Å²) < 4.78 is 1.11. The Morgan fingerprint density at radius 1 is 1.03 bits per heavy atom. The highest BCUT2D eigenvalue weighted by Crippen LogP contribution is 2.29. The molecule has 4 heteroatoms. The van der Waals surface area contributed by atoms with Gasteiger partial charge in [-0.3, -0.25) is 4.99 Å². The van der Waals surface area contributed by atoms with Gasteiger partial charge >= 0.3 is 0 Å². The van der Waals surface area contributed by atoms with Crippen LogP contribution >= 0.6 is 27.5 Å². The number of aliphatic imine (C=N–C) groups is 1. The van der Waals surface area contributed by atoms with Crippen LogP contribution < -0.4 is 5.32 Å². The van der Waals surface area contributed by atoms with Crippen molar-refractivity contribution < 1.29 is 0 Å². The highest BCUT2D eigenvalue weighted by atomic mass is 79.9. The Hall–Kier alpha value is -1.84. The van der Waals surface area contributed by atoms with Gasteiger partial charge in [0.2, 0.25) is 0 Å². The summed E-state index contributed by atoms with van der Waals surface area (Å²) in [7, 11) is 0. The lowest BCUT2D eigenvalue weighted by molar-refractivity contribution is 0.934. The number of fused-ring (bicyclic) bond motifs is 1. The third-order valence-corrected chi connectivity index (χ3v) is 6.09. The van der Waals surface area contributed by atoms with E-state index in [0.29, 0.717) is 0 Å². The summed E-state index contributed by atoms with van der Waals surface area (Å²) in [6.45, 7) is 7.96. The monoisotopic (exact) mass is 470 g/mol. The average Bonchev–Trinajstić information content (AvgIpc) is 3.28. The molecular formula is C25H28BrClN2. The number of benzene rings is 3. The molecule has 4 rings (SSSR count). The lowest BCUT2D eigenvalue weighted by Gasteiger charge is -2.15. The van der Waals surface area contributed by atoms with Crippen LogP contribution in [0.5, 0.6) is 0 Å². The molecule has 152 valence electrons. The number of nitrogens with zero attached hydrogens (tertiary/aromatic N) is 1. The second kappa shape index (κ2) is 10.3. The fourth-order valence-electron chi connectivity index (χ4n) is 3.90. The first kappa shape index (κ1) is 21.9. The minimum atomic E-state index is 0.824. The van der Waals surface area contributed by atoms with E-state index in [4.69, 9.17) is 11.6 Å². The quantitative estimate of drug-likeness (QED) is 0.426. The maximum Gasteiger partial charge on any atom is 0.128 e. The Labute approximate surface area is 187 Å². The SMILES string of the molecule is CC.CCc1ccc2cc(Br)ccc2c1CCc1c(Cl)cccc1C1=NCCN1. The number of nitrogens with one attached hydrogen (secondary N) is 1. The van der Waals surface area contributed by atoms with Gasteiger partial charge in [0.05, 0.1) is 6.54 Å². The molecule has 0 spiro atoms. The number of amidine groups is 1. The molecule has 0 unspecified atom stereocenters. The minimum absolute atomic E-state index is 0.824. The van der Waals surface area contributed by atoms with Gasteiger partial charge in [0.15, 0.2) is 0 Å². The van der Waals surface area contributed by atoms with Crippen molar-refractivity contribution >= 4 is 44.1 Å². The molecule has 2 nitrogen and oxygen atoms in total. The molecule has 1 heterocycles. The fraction of sp³-hybridized carbons (Fsp3) is 0.320. The summed E-state index contributed by atoms with van der Waals surface area (Å²) in [4.78, 5) is 4.60. The van der Waals surface area contributed by atoms with Gasteiger partial charge in [-0.15, -0.1) is 0 Å². The molecule has 3 aromatic carbocycles. The number of rotatable bonds is 5. The second-order valence-electron chi connectivity index (χ2n) is 6.85. The van der Waals surface area contributed by atoms with E-state index in [9.17, 15) is 0 Å². The van der Waals surface area contributed by atoms with Gasteiger partial charge in [0, 0.05) is 21.6 Å². The summed E-state index contributed by atoms with van der Waals surface area (Å²) in [5.41, 5.74) is 5.16. The Morgan fingerprint density at radius 2 is 1.83 bits per heavy atom. The standard InChI is InChI=1S/C23H22BrClN2.C2H6/c1-2-15-6-7-16-14-17(24)8-9-19(16)18(15)10-11-20-21(4-3-5-22(20)25)23-26-12-13-27-23;1-2/h3-9,14H,2,10-13H2,1H3,(H,26,27);1-2H3. The van der Waals surface area contributed by atoms with Gasteiger partial charge in [-0.05, 0) is 64.9 Å². The highest BCUT2D eigenvalue weighted by Gasteiger charge is 2.16. The third-order valence-electron chi connectivity index (χ3n) is 5.24. The second-order valence-corrected chi connectivity index (χ2v) is 8.17. The van der Waals surface area contributed by atoms with Crippen LogP contribution in [0.25, 0.3) is 10.8 Å². The Morgan fingerprint density at radius 3 is 2.55 bits per heavy atom. The van der Waals surface area contributed by atoms with Gasteiger partial charge < -0.3 is 5.32 Å². The van der Waals surface area contributed by atoms with E-state index in [1.165, 1.54) is 27.5 Å². The predicted octanol–water partition coefficient (Wildman–Crippen LogP) is 6.98. The van der Waals surface area contributed by atoms with Gasteiger partial charge in [-0.25, -0.2) is 0 Å². The van der Waals surface area contributed by atoms with Crippen LogP contribution in [-0.2, 0) is 19.3 Å². The number of aryl methyl sites for hydroxylation is 2. The van der Waals surface area contributed by atoms with Crippen molar-refractivity contribution in [2.75, 3.05) is 13.1 Å². The van der Waals surface area contributed by atoms with Gasteiger partial charge in [-0.2, -0.15) is 0 Å². The molecule has 0 aromatic heterocycles. The van der Waals surface area contributed by atoms with Crippen molar-refractivity contribution in [2.45, 2.75) is 40.0 Å². The van der Waals surface area contributed by atoms with Crippen LogP contribution in [0.2, 0.25) is 5.02 Å². The Balaban J connectivity index is 0.00000117. The molecule has 3 aromatic rings. The first-order valence-corrected chi connectivity index (χ1v) is 11.6. The van der Waals surface area contributed by atoms with E-state index in [1.807, 2.05) is 26.0 Å². The largest absolute Gasteiger partial charge is 0.368 e. The smallest absolute Gasteiger partial charge is 0.128 e. The van der Waals surface area contributed by atoms with Crippen molar-refractivity contribution in [3.8, 4) is 0 Å². The number of halogens is 2. The number of hydrogen-bond acceptors (Lipinski definition) is 2. The van der Waals surface area contributed by atoms with E-state index in [2.05, 4.69) is 69.6 Å². The lowest BCUT2D eigenvalue weighted by Crippen LogP contribution is -2.21. The molecule has 0 atom stereocenters. The predicted molar refractivity (Wildman–Crippen MR) is 131 cm³/mol. The fourth-order valence-corrected chi connectivity index (χ4v) is 4.55. The highest BCUT2D eigenvalue weighted by molar-refractivity contribution is 9.10. The molecule has 29 heavy (non-hydrogen) atoms. The molecular weight excluding hydrogens is 444 g/mol. The first-order chi connectivity index (χ1) is 14.2. The Bertz CT molecular complexity index is 1030. The number of hydrogen-bond donors (Lipinski definition) is 1. The van der Waals surface area contributed by atoms with Crippen LogP contribution in [0.4, 0.5) is 0 Å². The van der Waals surface area contributed by atoms with E-state index >= 15 is 0 Å². The van der Waals surface area contributed by atoms with Crippen LogP contribution in [0, 0.1) is 0 Å². The van der Waals surface area contributed by atoms with E-state index in [-0.39, 0.29) is 0 Å². The normalized spacial score (nSPS) is 12.9. The molecule has 0 aliphatic carbocycles. The van der Waals surface area contributed by atoms with Gasteiger partial charge in [0.25, 0.3) is 0 Å². The average molecular weight is 472 g/mol. The molecule has 1 N–H and O–H groups in total. The first-order valence-electron chi connectivity index (χ1n) is 10.4. The summed E-state index contributed by atoms with van der Waals surface area (Å²) in [5, 5.41) is 6.82. The molecule has 0 saturated carbocycles. The Kier molecular flexibility index (Phi) is 7.74. The molecule has 1 aliphatic heterocycles. The molecule has 0 radical (unpaired) electrons. The van der Waals surface area contributed by atoms with E-state index < -0.39 is 0 Å². The summed E-state index contributed by atoms with van der Waals surface area (Å²) >= 11 is 10.2. The summed E-state index contributed by atoms with van der Waals surface area (Å²) in [6, 6.07) is 17.2. The molecule has 0 saturated heterocycles. The molecule has 0 amide bonds. The lowest BCUT2D eigenvalue weighted by atomic mass is 9.91. The topological polar surface area (TPSA) is 24.4 Å². The van der Waals surface area contributed by atoms with Crippen molar-refractivity contribution in [2.24, 2.45) is 4.99 Å². The van der Waals surface area contributed by atoms with Crippen LogP contribution in [0.3, 0.4) is 0 Å². The summed E-state index contributed by atoms with van der Waals surface area (Å²) in [5.74, 6) is 0.977. The summed E-state index contributed by atoms with van der Waals surface area (Å²) in [6.07, 6.45) is 2.90. The van der Waals surface area contributed by atoms with Crippen LogP contribution in [0.1, 0.15) is 43.0 Å². The molecule has 0 bridgehead atoms. The minimum Gasteiger partial charge on any atom is -0.368 e. The van der Waals surface area contributed by atoms with Crippen molar-refractivity contribution in [1.29, 1.82) is 0 Å². The van der Waals surface area contributed by atoms with Crippen molar-refractivity contribution in [3.63, 3.8) is 0 Å². The van der Waals surface area contributed by atoms with Gasteiger partial charge in [-0.1, -0.05) is 78.6 Å². The molecule has 0 fully saturated rings. The van der Waals surface area contributed by atoms with Crippen LogP contribution in [0.15, 0.2) is 58.0 Å². The van der Waals surface area contributed by atoms with Crippen molar-refractivity contribution in [1.82, 2.24) is 5.32 Å². The zero-order chi connectivity index (χ0) is 20.8. The third kappa shape index (κ3) is 4.84. The van der Waals surface area contributed by atoms with Crippen LogP contribution in [-0.4, -0.2) is 18.9 Å². The molecule has 1 aliphatic rings. The zero-order valence-electron chi connectivity index (χ0n) is 17.4. The van der Waals surface area contributed by atoms with Gasteiger partial charge in [0.1, 0.15) is 5.84 Å². The van der Waals surface area contributed by atoms with E-state index in [0.717, 1.165) is 53.2 Å². The zero-order valence-corrected chi connectivity index (χ0v) is 19.7.